The molecule has 1 aromatic carbocycles. The van der Waals surface area contributed by atoms with Gasteiger partial charge in [0, 0.05) is 18.8 Å². The van der Waals surface area contributed by atoms with Crippen LogP contribution < -0.4 is 15.8 Å². The molecule has 0 spiro atoms. The van der Waals surface area contributed by atoms with Crippen LogP contribution in [0.1, 0.15) is 31.0 Å². The Balaban J connectivity index is 2.21. The monoisotopic (exact) mass is 299 g/mol. The summed E-state index contributed by atoms with van der Waals surface area (Å²) in [7, 11) is 1.65. The van der Waals surface area contributed by atoms with Crippen molar-refractivity contribution in [2.45, 2.75) is 19.9 Å². The van der Waals surface area contributed by atoms with E-state index in [2.05, 4.69) is 27.2 Å². The summed E-state index contributed by atoms with van der Waals surface area (Å²) in [6, 6.07) is 7.96. The minimum absolute atomic E-state index is 0.0639. The second kappa shape index (κ2) is 7.40. The van der Waals surface area contributed by atoms with E-state index in [1.54, 1.807) is 13.3 Å². The molecule has 0 saturated carbocycles. The number of ether oxygens (including phenoxy) is 1. The lowest BCUT2D eigenvalue weighted by Gasteiger charge is -2.17. The average molecular weight is 299 g/mol. The van der Waals surface area contributed by atoms with Crippen LogP contribution in [0.25, 0.3) is 0 Å². The molecule has 2 rings (SSSR count). The molecule has 0 aliphatic rings. The predicted octanol–water partition coefficient (Wildman–Crippen LogP) is 2.68. The van der Waals surface area contributed by atoms with Crippen LogP contribution in [0.15, 0.2) is 35.6 Å². The molecule has 2 aromatic rings. The molecule has 1 aromatic heterocycles. The van der Waals surface area contributed by atoms with Gasteiger partial charge in [0.2, 0.25) is 0 Å². The van der Waals surface area contributed by atoms with E-state index in [4.69, 9.17) is 10.5 Å². The van der Waals surface area contributed by atoms with Crippen LogP contribution in [-0.2, 0) is 0 Å². The molecule has 0 bridgehead atoms. The number of nitrogen functional groups attached to an aromatic ring is 1. The van der Waals surface area contributed by atoms with Gasteiger partial charge in [-0.05, 0) is 31.5 Å². The van der Waals surface area contributed by atoms with Crippen molar-refractivity contribution in [3.63, 3.8) is 0 Å². The van der Waals surface area contributed by atoms with Crippen molar-refractivity contribution < 1.29 is 4.74 Å². The second-order valence-corrected chi connectivity index (χ2v) is 4.79. The van der Waals surface area contributed by atoms with Crippen molar-refractivity contribution in [3.8, 4) is 5.75 Å². The summed E-state index contributed by atoms with van der Waals surface area (Å²) >= 11 is 0. The predicted molar refractivity (Wildman–Crippen MR) is 89.6 cm³/mol. The highest BCUT2D eigenvalue weighted by Crippen LogP contribution is 2.23. The maximum absolute atomic E-state index is 5.92. The van der Waals surface area contributed by atoms with Crippen LogP contribution in [0, 0.1) is 0 Å². The fourth-order valence-electron chi connectivity index (χ4n) is 2.02. The topological polar surface area (TPSA) is 85.4 Å². The molecular formula is C16H21N5O. The first-order valence-electron chi connectivity index (χ1n) is 7.16. The van der Waals surface area contributed by atoms with E-state index in [0.29, 0.717) is 23.7 Å². The van der Waals surface area contributed by atoms with Crippen LogP contribution >= 0.6 is 0 Å². The maximum Gasteiger partial charge on any atom is 0.140 e. The molecule has 0 amide bonds. The van der Waals surface area contributed by atoms with Crippen LogP contribution in [-0.4, -0.2) is 29.8 Å². The van der Waals surface area contributed by atoms with Crippen molar-refractivity contribution in [1.82, 2.24) is 9.97 Å². The number of aromatic nitrogens is 2. The highest BCUT2D eigenvalue weighted by Gasteiger charge is 2.11. The number of nitrogens with two attached hydrogens (primary N) is 1. The van der Waals surface area contributed by atoms with E-state index < -0.39 is 0 Å². The van der Waals surface area contributed by atoms with Gasteiger partial charge in [0.05, 0.1) is 12.7 Å². The molecule has 1 heterocycles. The molecule has 0 aliphatic heterocycles. The van der Waals surface area contributed by atoms with Crippen LogP contribution in [0.5, 0.6) is 5.75 Å². The largest absolute Gasteiger partial charge is 0.497 e. The van der Waals surface area contributed by atoms with Crippen molar-refractivity contribution in [3.05, 3.63) is 41.7 Å². The van der Waals surface area contributed by atoms with E-state index in [-0.39, 0.29) is 6.04 Å². The van der Waals surface area contributed by atoms with E-state index in [1.165, 1.54) is 6.33 Å². The SMILES string of the molecule is CCN=Cc1c(N)ncnc1N[C@@H](C)c1ccc(OC)cc1. The van der Waals surface area contributed by atoms with Gasteiger partial charge >= 0.3 is 0 Å². The van der Waals surface area contributed by atoms with Crippen molar-refractivity contribution in [2.24, 2.45) is 4.99 Å². The number of nitrogens with one attached hydrogen (secondary N) is 1. The second-order valence-electron chi connectivity index (χ2n) is 4.79. The molecule has 0 saturated heterocycles. The molecule has 6 nitrogen and oxygen atoms in total. The van der Waals surface area contributed by atoms with Crippen molar-refractivity contribution in [1.29, 1.82) is 0 Å². The van der Waals surface area contributed by atoms with Gasteiger partial charge in [-0.3, -0.25) is 4.99 Å². The Bertz CT molecular complexity index is 639. The Morgan fingerprint density at radius 1 is 1.32 bits per heavy atom. The number of hydrogen-bond donors (Lipinski definition) is 2. The van der Waals surface area contributed by atoms with Gasteiger partial charge in [-0.1, -0.05) is 12.1 Å². The molecule has 0 aliphatic carbocycles. The van der Waals surface area contributed by atoms with Gasteiger partial charge < -0.3 is 15.8 Å². The fourth-order valence-corrected chi connectivity index (χ4v) is 2.02. The summed E-state index contributed by atoms with van der Waals surface area (Å²) in [6.45, 7) is 4.70. The number of aliphatic imine (C=N–C) groups is 1. The summed E-state index contributed by atoms with van der Waals surface area (Å²) in [6.07, 6.45) is 3.15. The number of anilines is 2. The Kier molecular flexibility index (Phi) is 5.30. The lowest BCUT2D eigenvalue weighted by atomic mass is 10.1. The summed E-state index contributed by atoms with van der Waals surface area (Å²) in [4.78, 5) is 12.5. The fraction of sp³-hybridized carbons (Fsp3) is 0.312. The Morgan fingerprint density at radius 3 is 2.68 bits per heavy atom. The zero-order valence-electron chi connectivity index (χ0n) is 13.1. The van der Waals surface area contributed by atoms with Gasteiger partial charge in [0.25, 0.3) is 0 Å². The minimum Gasteiger partial charge on any atom is -0.497 e. The highest BCUT2D eigenvalue weighted by molar-refractivity contribution is 5.91. The molecule has 22 heavy (non-hydrogen) atoms. The van der Waals surface area contributed by atoms with E-state index in [0.717, 1.165) is 11.3 Å². The summed E-state index contributed by atoms with van der Waals surface area (Å²) in [5.41, 5.74) is 7.75. The van der Waals surface area contributed by atoms with Crippen LogP contribution in [0.3, 0.4) is 0 Å². The van der Waals surface area contributed by atoms with E-state index in [9.17, 15) is 0 Å². The molecule has 0 unspecified atom stereocenters. The third-order valence-electron chi connectivity index (χ3n) is 3.29. The molecule has 116 valence electrons. The third-order valence-corrected chi connectivity index (χ3v) is 3.29. The first kappa shape index (κ1) is 15.8. The molecule has 3 N–H and O–H groups in total. The number of hydrogen-bond acceptors (Lipinski definition) is 6. The van der Waals surface area contributed by atoms with Gasteiger partial charge in [0.1, 0.15) is 23.7 Å². The van der Waals surface area contributed by atoms with E-state index >= 15 is 0 Å². The average Bonchev–Trinajstić information content (AvgIpc) is 2.54. The highest BCUT2D eigenvalue weighted by atomic mass is 16.5. The van der Waals surface area contributed by atoms with Gasteiger partial charge in [0.15, 0.2) is 0 Å². The summed E-state index contributed by atoms with van der Waals surface area (Å²) in [5.74, 6) is 1.92. The van der Waals surface area contributed by atoms with Crippen molar-refractivity contribution in [2.75, 3.05) is 24.7 Å². The smallest absolute Gasteiger partial charge is 0.140 e. The summed E-state index contributed by atoms with van der Waals surface area (Å²) in [5, 5.41) is 3.35. The standard InChI is InChI=1S/C16H21N5O/c1-4-18-9-14-15(17)19-10-20-16(14)21-11(2)12-5-7-13(22-3)8-6-12/h5-11H,4H2,1-3H3,(H3,17,19,20,21)/t11-/m0/s1. The number of methoxy groups -OCH3 is 1. The first-order valence-corrected chi connectivity index (χ1v) is 7.16. The van der Waals surface area contributed by atoms with Gasteiger partial charge in [-0.2, -0.15) is 0 Å². The first-order chi connectivity index (χ1) is 10.7. The zero-order chi connectivity index (χ0) is 15.9. The Labute approximate surface area is 130 Å². The summed E-state index contributed by atoms with van der Waals surface area (Å²) < 4.78 is 5.17. The van der Waals surface area contributed by atoms with Crippen molar-refractivity contribution >= 4 is 17.9 Å². The molecule has 1 atom stereocenters. The zero-order valence-corrected chi connectivity index (χ0v) is 13.1. The van der Waals surface area contributed by atoms with Gasteiger partial charge in [-0.25, -0.2) is 9.97 Å². The molecule has 0 radical (unpaired) electrons. The number of benzene rings is 1. The molecular weight excluding hydrogens is 278 g/mol. The number of nitrogens with zero attached hydrogens (tertiary/aromatic N) is 3. The number of rotatable bonds is 6. The quantitative estimate of drug-likeness (QED) is 0.801. The minimum atomic E-state index is 0.0639. The normalized spacial score (nSPS) is 12.3. The maximum atomic E-state index is 5.92. The van der Waals surface area contributed by atoms with Gasteiger partial charge in [-0.15, -0.1) is 0 Å². The third kappa shape index (κ3) is 3.72. The lowest BCUT2D eigenvalue weighted by Crippen LogP contribution is -2.12. The van der Waals surface area contributed by atoms with Crippen LogP contribution in [0.2, 0.25) is 0 Å². The van der Waals surface area contributed by atoms with Crippen LogP contribution in [0.4, 0.5) is 11.6 Å². The molecule has 0 fully saturated rings. The lowest BCUT2D eigenvalue weighted by molar-refractivity contribution is 0.414. The van der Waals surface area contributed by atoms with E-state index in [1.807, 2.05) is 31.2 Å². The Hall–Kier alpha value is -2.63. The molecule has 6 heteroatoms. The Morgan fingerprint density at radius 2 is 2.05 bits per heavy atom.